The topological polar surface area (TPSA) is 29.5 Å². The van der Waals surface area contributed by atoms with Gasteiger partial charge in [0, 0.05) is 0 Å². The van der Waals surface area contributed by atoms with Gasteiger partial charge in [-0.3, -0.25) is 0 Å². The van der Waals surface area contributed by atoms with Crippen molar-refractivity contribution in [2.75, 3.05) is 7.11 Å². The summed E-state index contributed by atoms with van der Waals surface area (Å²) in [6, 6.07) is 0. The Kier molecular flexibility index (Phi) is 2.71. The molecule has 0 saturated heterocycles. The van der Waals surface area contributed by atoms with Crippen LogP contribution in [0.3, 0.4) is 0 Å². The number of methoxy groups -OCH3 is 1. The average molecular weight is 154 g/mol. The summed E-state index contributed by atoms with van der Waals surface area (Å²) in [6.07, 6.45) is 6.25. The molecule has 1 N–H and O–H groups in total. The lowest BCUT2D eigenvalue weighted by Gasteiger charge is -2.17. The van der Waals surface area contributed by atoms with Crippen LogP contribution in [0.2, 0.25) is 0 Å². The minimum absolute atomic E-state index is 0.424. The second kappa shape index (κ2) is 3.58. The molecule has 0 bridgehead atoms. The van der Waals surface area contributed by atoms with Gasteiger partial charge < -0.3 is 9.84 Å². The zero-order valence-electron chi connectivity index (χ0n) is 6.95. The fraction of sp³-hybridized carbons (Fsp3) is 0.556. The van der Waals surface area contributed by atoms with E-state index in [-0.39, 0.29) is 0 Å². The third kappa shape index (κ3) is 1.84. The number of rotatable bonds is 2. The van der Waals surface area contributed by atoms with E-state index in [4.69, 9.17) is 4.74 Å². The largest absolute Gasteiger partial charge is 0.498 e. The molecular formula is C9H14O2. The van der Waals surface area contributed by atoms with E-state index < -0.39 is 6.10 Å². The molecule has 2 unspecified atom stereocenters. The monoisotopic (exact) mass is 154 g/mol. The molecule has 0 aromatic heterocycles. The van der Waals surface area contributed by atoms with Gasteiger partial charge in [0.1, 0.15) is 11.9 Å². The van der Waals surface area contributed by atoms with E-state index in [0.29, 0.717) is 11.7 Å². The molecule has 2 heteroatoms. The van der Waals surface area contributed by atoms with E-state index in [9.17, 15) is 5.11 Å². The van der Waals surface area contributed by atoms with Crippen molar-refractivity contribution in [3.8, 4) is 0 Å². The Morgan fingerprint density at radius 2 is 2.27 bits per heavy atom. The van der Waals surface area contributed by atoms with Gasteiger partial charge >= 0.3 is 0 Å². The highest BCUT2D eigenvalue weighted by atomic mass is 16.5. The highest BCUT2D eigenvalue weighted by Crippen LogP contribution is 2.19. The quantitative estimate of drug-likeness (QED) is 0.610. The Bertz CT molecular complexity index is 182. The molecule has 1 rings (SSSR count). The van der Waals surface area contributed by atoms with Gasteiger partial charge in [-0.25, -0.2) is 0 Å². The van der Waals surface area contributed by atoms with Gasteiger partial charge in [0.15, 0.2) is 0 Å². The second-order valence-corrected chi connectivity index (χ2v) is 2.68. The van der Waals surface area contributed by atoms with Crippen molar-refractivity contribution in [1.82, 2.24) is 0 Å². The first-order valence-corrected chi connectivity index (χ1v) is 3.90. The van der Waals surface area contributed by atoms with E-state index in [0.717, 1.165) is 6.42 Å². The third-order valence-corrected chi connectivity index (χ3v) is 1.92. The summed E-state index contributed by atoms with van der Waals surface area (Å²) in [7, 11) is 1.58. The zero-order valence-corrected chi connectivity index (χ0v) is 6.95. The van der Waals surface area contributed by atoms with Crippen molar-refractivity contribution >= 4 is 0 Å². The van der Waals surface area contributed by atoms with Gasteiger partial charge in [0.05, 0.1) is 7.11 Å². The summed E-state index contributed by atoms with van der Waals surface area (Å²) in [5.41, 5.74) is 0. The van der Waals surface area contributed by atoms with Crippen molar-refractivity contribution < 1.29 is 9.84 Å². The molecule has 0 aromatic rings. The van der Waals surface area contributed by atoms with Gasteiger partial charge in [0.25, 0.3) is 0 Å². The number of hydrogen-bond donors (Lipinski definition) is 1. The van der Waals surface area contributed by atoms with Crippen LogP contribution in [0.25, 0.3) is 0 Å². The number of allylic oxidation sites excluding steroid dienone is 2. The molecule has 62 valence electrons. The van der Waals surface area contributed by atoms with Gasteiger partial charge in [-0.2, -0.15) is 0 Å². The SMILES string of the molecule is CCC1C=CC(O)C(OC)=C1. The summed E-state index contributed by atoms with van der Waals surface area (Å²) in [5.74, 6) is 1.09. The Balaban J connectivity index is 2.67. The fourth-order valence-electron chi connectivity index (χ4n) is 1.15. The smallest absolute Gasteiger partial charge is 0.129 e. The molecule has 11 heavy (non-hydrogen) atoms. The molecule has 0 amide bonds. The summed E-state index contributed by atoms with van der Waals surface area (Å²) in [5, 5.41) is 9.30. The van der Waals surface area contributed by atoms with Crippen LogP contribution in [-0.2, 0) is 4.74 Å². The summed E-state index contributed by atoms with van der Waals surface area (Å²) < 4.78 is 5.00. The number of aliphatic hydroxyl groups is 1. The first-order chi connectivity index (χ1) is 5.27. The van der Waals surface area contributed by atoms with E-state index in [1.807, 2.05) is 12.2 Å². The highest BCUT2D eigenvalue weighted by Gasteiger charge is 2.14. The van der Waals surface area contributed by atoms with Crippen molar-refractivity contribution in [3.63, 3.8) is 0 Å². The Labute approximate surface area is 67.2 Å². The van der Waals surface area contributed by atoms with E-state index in [1.54, 1.807) is 13.2 Å². The van der Waals surface area contributed by atoms with Gasteiger partial charge in [0.2, 0.25) is 0 Å². The molecule has 0 heterocycles. The summed E-state index contributed by atoms with van der Waals surface area (Å²) in [6.45, 7) is 2.11. The third-order valence-electron chi connectivity index (χ3n) is 1.92. The van der Waals surface area contributed by atoms with Crippen LogP contribution in [0.15, 0.2) is 24.0 Å². The molecular weight excluding hydrogens is 140 g/mol. The Hall–Kier alpha value is -0.760. The van der Waals surface area contributed by atoms with Crippen molar-refractivity contribution in [2.45, 2.75) is 19.4 Å². The lowest BCUT2D eigenvalue weighted by molar-refractivity contribution is 0.155. The molecule has 1 aliphatic carbocycles. The molecule has 0 aromatic carbocycles. The number of hydrogen-bond acceptors (Lipinski definition) is 2. The van der Waals surface area contributed by atoms with E-state index in [1.165, 1.54) is 0 Å². The molecule has 0 spiro atoms. The van der Waals surface area contributed by atoms with Gasteiger partial charge in [-0.1, -0.05) is 19.1 Å². The van der Waals surface area contributed by atoms with Crippen LogP contribution in [0.4, 0.5) is 0 Å². The average Bonchev–Trinajstić information content (AvgIpc) is 2.05. The maximum Gasteiger partial charge on any atom is 0.129 e. The molecule has 0 radical (unpaired) electrons. The maximum absolute atomic E-state index is 9.30. The molecule has 2 nitrogen and oxygen atoms in total. The van der Waals surface area contributed by atoms with Crippen molar-refractivity contribution in [1.29, 1.82) is 0 Å². The first kappa shape index (κ1) is 8.34. The maximum atomic E-state index is 9.30. The lowest BCUT2D eigenvalue weighted by atomic mass is 9.98. The minimum Gasteiger partial charge on any atom is -0.498 e. The normalized spacial score (nSPS) is 29.9. The molecule has 2 atom stereocenters. The standard InChI is InChI=1S/C9H14O2/c1-3-7-4-5-8(10)9(6-7)11-2/h4-8,10H,3H2,1-2H3. The summed E-state index contributed by atoms with van der Waals surface area (Å²) in [4.78, 5) is 0. The van der Waals surface area contributed by atoms with Crippen molar-refractivity contribution in [2.24, 2.45) is 5.92 Å². The predicted molar refractivity (Wildman–Crippen MR) is 44.0 cm³/mol. The van der Waals surface area contributed by atoms with E-state index >= 15 is 0 Å². The first-order valence-electron chi connectivity index (χ1n) is 3.90. The van der Waals surface area contributed by atoms with Crippen LogP contribution < -0.4 is 0 Å². The molecule has 0 fully saturated rings. The Morgan fingerprint density at radius 1 is 1.55 bits per heavy atom. The van der Waals surface area contributed by atoms with Crippen LogP contribution in [0.5, 0.6) is 0 Å². The van der Waals surface area contributed by atoms with Gasteiger partial charge in [-0.15, -0.1) is 0 Å². The lowest BCUT2D eigenvalue weighted by Crippen LogP contribution is -2.14. The van der Waals surface area contributed by atoms with Crippen LogP contribution in [-0.4, -0.2) is 18.3 Å². The molecule has 0 aliphatic heterocycles. The number of aliphatic hydroxyl groups excluding tert-OH is 1. The minimum atomic E-state index is -0.539. The summed E-state index contributed by atoms with van der Waals surface area (Å²) >= 11 is 0. The Morgan fingerprint density at radius 3 is 2.82 bits per heavy atom. The van der Waals surface area contributed by atoms with Crippen molar-refractivity contribution in [3.05, 3.63) is 24.0 Å². The van der Waals surface area contributed by atoms with Crippen LogP contribution >= 0.6 is 0 Å². The zero-order chi connectivity index (χ0) is 8.27. The number of ether oxygens (including phenoxy) is 1. The van der Waals surface area contributed by atoms with E-state index in [2.05, 4.69) is 6.92 Å². The predicted octanol–water partition coefficient (Wildman–Crippen LogP) is 1.47. The highest BCUT2D eigenvalue weighted by molar-refractivity contribution is 5.19. The van der Waals surface area contributed by atoms with Crippen LogP contribution in [0.1, 0.15) is 13.3 Å². The molecule has 1 aliphatic rings. The molecule has 0 saturated carbocycles. The van der Waals surface area contributed by atoms with Crippen LogP contribution in [0, 0.1) is 5.92 Å². The second-order valence-electron chi connectivity index (χ2n) is 2.68. The van der Waals surface area contributed by atoms with Gasteiger partial charge in [-0.05, 0) is 18.4 Å². The fourth-order valence-corrected chi connectivity index (χ4v) is 1.15.